The van der Waals surface area contributed by atoms with Crippen LogP contribution in [0.4, 0.5) is 0 Å². The normalized spacial score (nSPS) is 10.7. The molecule has 1 N–H and O–H groups in total. The molecule has 0 radical (unpaired) electrons. The second-order valence-corrected chi connectivity index (χ2v) is 5.13. The summed E-state index contributed by atoms with van der Waals surface area (Å²) in [4.78, 5) is 12.4. The Morgan fingerprint density at radius 1 is 1.04 bits per heavy atom. The maximum Gasteiger partial charge on any atom is 0.235 e. The highest BCUT2D eigenvalue weighted by atomic mass is 16.5. The van der Waals surface area contributed by atoms with Crippen molar-refractivity contribution in [3.8, 4) is 28.6 Å². The maximum atomic E-state index is 12.4. The van der Waals surface area contributed by atoms with Crippen LogP contribution in [0.15, 0.2) is 45.6 Å². The largest absolute Gasteiger partial charge is 0.502 e. The molecule has 0 amide bonds. The molecule has 0 spiro atoms. The van der Waals surface area contributed by atoms with Gasteiger partial charge in [0.2, 0.25) is 11.2 Å². The molecule has 5 nitrogen and oxygen atoms in total. The number of para-hydroxylation sites is 1. The molecule has 0 saturated heterocycles. The number of ether oxygens (including phenoxy) is 2. The third-order valence-electron chi connectivity index (χ3n) is 3.74. The average Bonchev–Trinajstić information content (AvgIpc) is 2.58. The smallest absolute Gasteiger partial charge is 0.235 e. The summed E-state index contributed by atoms with van der Waals surface area (Å²) in [5.41, 5.74) is 1.35. The van der Waals surface area contributed by atoms with E-state index in [1.807, 2.05) is 13.0 Å². The van der Waals surface area contributed by atoms with Gasteiger partial charge in [-0.25, -0.2) is 0 Å². The molecule has 0 unspecified atom stereocenters. The molecule has 2 aromatic carbocycles. The first kappa shape index (κ1) is 15.0. The number of rotatable bonds is 3. The van der Waals surface area contributed by atoms with E-state index in [4.69, 9.17) is 13.9 Å². The minimum Gasteiger partial charge on any atom is -0.502 e. The molecule has 1 aromatic heterocycles. The molecule has 0 saturated carbocycles. The van der Waals surface area contributed by atoms with Crippen LogP contribution < -0.4 is 14.9 Å². The molecule has 3 rings (SSSR count). The van der Waals surface area contributed by atoms with Crippen LogP contribution >= 0.6 is 0 Å². The van der Waals surface area contributed by atoms with E-state index in [1.54, 1.807) is 30.3 Å². The van der Waals surface area contributed by atoms with Gasteiger partial charge < -0.3 is 19.0 Å². The van der Waals surface area contributed by atoms with Crippen molar-refractivity contribution in [2.75, 3.05) is 14.2 Å². The Labute approximate surface area is 132 Å². The van der Waals surface area contributed by atoms with Gasteiger partial charge in [0, 0.05) is 5.56 Å². The monoisotopic (exact) mass is 312 g/mol. The second-order valence-electron chi connectivity index (χ2n) is 5.13. The van der Waals surface area contributed by atoms with Crippen LogP contribution in [0, 0.1) is 6.92 Å². The zero-order valence-electron chi connectivity index (χ0n) is 13.0. The summed E-state index contributed by atoms with van der Waals surface area (Å²) in [5.74, 6) is 0.722. The molecule has 0 aliphatic rings. The predicted octanol–water partition coefficient (Wildman–Crippen LogP) is 3.49. The minimum atomic E-state index is -0.459. The molecule has 5 heteroatoms. The number of aryl methyl sites for hydroxylation is 1. The second kappa shape index (κ2) is 5.68. The first-order valence-corrected chi connectivity index (χ1v) is 7.04. The highest BCUT2D eigenvalue weighted by Gasteiger charge is 2.17. The quantitative estimate of drug-likeness (QED) is 0.801. The van der Waals surface area contributed by atoms with Gasteiger partial charge in [0.15, 0.2) is 17.3 Å². The van der Waals surface area contributed by atoms with Crippen molar-refractivity contribution in [2.24, 2.45) is 0 Å². The number of benzene rings is 2. The fourth-order valence-electron chi connectivity index (χ4n) is 2.52. The summed E-state index contributed by atoms with van der Waals surface area (Å²) in [7, 11) is 3.05. The lowest BCUT2D eigenvalue weighted by Crippen LogP contribution is -2.03. The first-order chi connectivity index (χ1) is 11.1. The summed E-state index contributed by atoms with van der Waals surface area (Å²) < 4.78 is 16.3. The SMILES string of the molecule is COc1ccc(-c2oc3c(C)cccc3c(=O)c2O)cc1OC. The van der Waals surface area contributed by atoms with Crippen molar-refractivity contribution < 1.29 is 19.0 Å². The van der Waals surface area contributed by atoms with E-state index in [1.165, 1.54) is 14.2 Å². The molecule has 0 bridgehead atoms. The van der Waals surface area contributed by atoms with E-state index >= 15 is 0 Å². The molecule has 3 aromatic rings. The summed E-state index contributed by atoms with van der Waals surface area (Å²) in [6.07, 6.45) is 0. The lowest BCUT2D eigenvalue weighted by Gasteiger charge is -2.11. The van der Waals surface area contributed by atoms with Gasteiger partial charge in [-0.2, -0.15) is 0 Å². The highest BCUT2D eigenvalue weighted by molar-refractivity contribution is 5.84. The van der Waals surface area contributed by atoms with Crippen LogP contribution in [0.2, 0.25) is 0 Å². The van der Waals surface area contributed by atoms with Crippen LogP contribution in [0.5, 0.6) is 17.2 Å². The van der Waals surface area contributed by atoms with Crippen molar-refractivity contribution >= 4 is 11.0 Å². The van der Waals surface area contributed by atoms with Gasteiger partial charge in [-0.15, -0.1) is 0 Å². The summed E-state index contributed by atoms with van der Waals surface area (Å²) in [6, 6.07) is 10.3. The lowest BCUT2D eigenvalue weighted by atomic mass is 10.1. The number of aromatic hydroxyl groups is 1. The lowest BCUT2D eigenvalue weighted by molar-refractivity contribution is 0.355. The first-order valence-electron chi connectivity index (χ1n) is 7.04. The number of fused-ring (bicyclic) bond motifs is 1. The Bertz CT molecular complexity index is 940. The molecule has 1 heterocycles. The molecule has 0 aliphatic heterocycles. The standard InChI is InChI=1S/C18H16O5/c1-10-5-4-6-12-15(19)16(20)18(23-17(10)12)11-7-8-13(21-2)14(9-11)22-3/h4-9,20H,1-3H3. The summed E-state index contributed by atoms with van der Waals surface area (Å²) >= 11 is 0. The fourth-order valence-corrected chi connectivity index (χ4v) is 2.52. The van der Waals surface area contributed by atoms with Gasteiger partial charge >= 0.3 is 0 Å². The number of hydrogen-bond donors (Lipinski definition) is 1. The third-order valence-corrected chi connectivity index (χ3v) is 3.74. The van der Waals surface area contributed by atoms with Gasteiger partial charge in [-0.1, -0.05) is 12.1 Å². The Balaban J connectivity index is 2.30. The summed E-state index contributed by atoms with van der Waals surface area (Å²) in [5, 5.41) is 10.6. The van der Waals surface area contributed by atoms with Crippen molar-refractivity contribution in [3.63, 3.8) is 0 Å². The molecule has 118 valence electrons. The zero-order chi connectivity index (χ0) is 16.6. The van der Waals surface area contributed by atoms with Gasteiger partial charge in [0.05, 0.1) is 19.6 Å². The Morgan fingerprint density at radius 2 is 1.78 bits per heavy atom. The van der Waals surface area contributed by atoms with E-state index in [0.29, 0.717) is 28.0 Å². The van der Waals surface area contributed by atoms with Gasteiger partial charge in [0.1, 0.15) is 5.58 Å². The van der Waals surface area contributed by atoms with Crippen LogP contribution in [-0.4, -0.2) is 19.3 Å². The Morgan fingerprint density at radius 3 is 2.48 bits per heavy atom. The fraction of sp³-hybridized carbons (Fsp3) is 0.167. The third kappa shape index (κ3) is 2.40. The predicted molar refractivity (Wildman–Crippen MR) is 87.4 cm³/mol. The minimum absolute atomic E-state index is 0.109. The van der Waals surface area contributed by atoms with Crippen molar-refractivity contribution in [1.29, 1.82) is 0 Å². The maximum absolute atomic E-state index is 12.4. The highest BCUT2D eigenvalue weighted by Crippen LogP contribution is 2.36. The van der Waals surface area contributed by atoms with Crippen molar-refractivity contribution in [2.45, 2.75) is 6.92 Å². The molecule has 0 atom stereocenters. The van der Waals surface area contributed by atoms with Crippen molar-refractivity contribution in [3.05, 3.63) is 52.2 Å². The molecule has 0 fully saturated rings. The van der Waals surface area contributed by atoms with Gasteiger partial charge in [-0.05, 0) is 36.8 Å². The zero-order valence-corrected chi connectivity index (χ0v) is 13.0. The Kier molecular flexibility index (Phi) is 3.70. The van der Waals surface area contributed by atoms with E-state index in [2.05, 4.69) is 0 Å². The van der Waals surface area contributed by atoms with Crippen molar-refractivity contribution in [1.82, 2.24) is 0 Å². The molecule has 0 aliphatic carbocycles. The van der Waals surface area contributed by atoms with Gasteiger partial charge in [-0.3, -0.25) is 4.79 Å². The van der Waals surface area contributed by atoms with E-state index in [0.717, 1.165) is 5.56 Å². The number of hydrogen-bond acceptors (Lipinski definition) is 5. The molecular weight excluding hydrogens is 296 g/mol. The average molecular weight is 312 g/mol. The van der Waals surface area contributed by atoms with E-state index in [9.17, 15) is 9.90 Å². The molecule has 23 heavy (non-hydrogen) atoms. The van der Waals surface area contributed by atoms with Crippen LogP contribution in [-0.2, 0) is 0 Å². The Hall–Kier alpha value is -2.95. The van der Waals surface area contributed by atoms with Gasteiger partial charge in [0.25, 0.3) is 0 Å². The number of methoxy groups -OCH3 is 2. The van der Waals surface area contributed by atoms with Crippen LogP contribution in [0.25, 0.3) is 22.3 Å². The molecular formula is C18H16O5. The van der Waals surface area contributed by atoms with E-state index < -0.39 is 11.2 Å². The topological polar surface area (TPSA) is 68.9 Å². The van der Waals surface area contributed by atoms with Crippen LogP contribution in [0.3, 0.4) is 0 Å². The van der Waals surface area contributed by atoms with E-state index in [-0.39, 0.29) is 5.76 Å². The van der Waals surface area contributed by atoms with Crippen LogP contribution in [0.1, 0.15) is 5.56 Å². The summed E-state index contributed by atoms with van der Waals surface area (Å²) in [6.45, 7) is 1.85.